The number of benzene rings is 1. The Morgan fingerprint density at radius 1 is 1.19 bits per heavy atom. The molecule has 2 fully saturated rings. The molecule has 3 aromatic rings. The molecule has 1 aromatic carbocycles. The molecule has 0 amide bonds. The van der Waals surface area contributed by atoms with Gasteiger partial charge in [-0.3, -0.25) is 0 Å². The molecule has 8 heteroatoms. The molecule has 0 unspecified atom stereocenters. The number of ether oxygens (including phenoxy) is 1. The number of anilines is 1. The lowest BCUT2D eigenvalue weighted by Crippen LogP contribution is -2.36. The van der Waals surface area contributed by atoms with Crippen LogP contribution in [0.2, 0.25) is 10.0 Å². The first-order valence-electron chi connectivity index (χ1n) is 10.4. The standard InChI is InChI=1S/C23H21Cl2N3O2S/c24-18-2-1-3-19(25)21(18)22-17(23(30-27-22)15-4-5-15)12-29-16-6-8-28(9-7-16)20-10-14(11-26)13-31-20/h1-3,10,13,15-16H,4-9,12H2. The minimum Gasteiger partial charge on any atom is -0.373 e. The van der Waals surface area contributed by atoms with E-state index < -0.39 is 0 Å². The Morgan fingerprint density at radius 3 is 2.58 bits per heavy atom. The molecular weight excluding hydrogens is 453 g/mol. The first kappa shape index (κ1) is 20.8. The van der Waals surface area contributed by atoms with Gasteiger partial charge in [-0.1, -0.05) is 34.4 Å². The molecule has 0 N–H and O–H groups in total. The van der Waals surface area contributed by atoms with E-state index in [1.165, 1.54) is 0 Å². The third-order valence-corrected chi connectivity index (χ3v) is 7.52. The van der Waals surface area contributed by atoms with Crippen LogP contribution in [0.15, 0.2) is 34.2 Å². The van der Waals surface area contributed by atoms with Crippen molar-refractivity contribution < 1.29 is 9.26 Å². The monoisotopic (exact) mass is 473 g/mol. The van der Waals surface area contributed by atoms with E-state index in [1.54, 1.807) is 11.3 Å². The van der Waals surface area contributed by atoms with Gasteiger partial charge in [-0.25, -0.2) is 0 Å². The van der Waals surface area contributed by atoms with E-state index in [-0.39, 0.29) is 6.10 Å². The van der Waals surface area contributed by atoms with Crippen molar-refractivity contribution in [1.29, 1.82) is 5.26 Å². The van der Waals surface area contributed by atoms with Crippen molar-refractivity contribution in [1.82, 2.24) is 5.16 Å². The molecule has 0 atom stereocenters. The molecular formula is C23H21Cl2N3O2S. The Kier molecular flexibility index (Phi) is 5.94. The van der Waals surface area contributed by atoms with Gasteiger partial charge in [0.2, 0.25) is 0 Å². The zero-order valence-electron chi connectivity index (χ0n) is 16.8. The summed E-state index contributed by atoms with van der Waals surface area (Å²) in [4.78, 5) is 2.33. The van der Waals surface area contributed by atoms with Crippen LogP contribution in [0.5, 0.6) is 0 Å². The largest absolute Gasteiger partial charge is 0.373 e. The zero-order chi connectivity index (χ0) is 21.4. The van der Waals surface area contributed by atoms with Gasteiger partial charge in [0, 0.05) is 35.5 Å². The van der Waals surface area contributed by atoms with Gasteiger partial charge in [-0.2, -0.15) is 5.26 Å². The van der Waals surface area contributed by atoms with Gasteiger partial charge in [-0.05, 0) is 43.9 Å². The Hall–Kier alpha value is -2.04. The van der Waals surface area contributed by atoms with Gasteiger partial charge in [0.1, 0.15) is 17.5 Å². The van der Waals surface area contributed by atoms with Crippen LogP contribution in [-0.2, 0) is 11.3 Å². The van der Waals surface area contributed by atoms with Crippen LogP contribution in [0.25, 0.3) is 11.3 Å². The number of nitrogens with zero attached hydrogens (tertiary/aromatic N) is 3. The Balaban J connectivity index is 1.29. The zero-order valence-corrected chi connectivity index (χ0v) is 19.1. The van der Waals surface area contributed by atoms with Gasteiger partial charge in [0.05, 0.1) is 33.3 Å². The molecule has 1 aliphatic heterocycles. The average Bonchev–Trinajstić information content (AvgIpc) is 3.36. The van der Waals surface area contributed by atoms with Crippen molar-refractivity contribution in [3.05, 3.63) is 56.6 Å². The van der Waals surface area contributed by atoms with Crippen LogP contribution >= 0.6 is 34.5 Å². The number of rotatable bonds is 6. The fourth-order valence-electron chi connectivity index (χ4n) is 4.04. The topological polar surface area (TPSA) is 62.3 Å². The van der Waals surface area contributed by atoms with Crippen molar-refractivity contribution in [2.24, 2.45) is 0 Å². The molecule has 31 heavy (non-hydrogen) atoms. The first-order valence-corrected chi connectivity index (χ1v) is 12.1. The highest BCUT2D eigenvalue weighted by Gasteiger charge is 2.34. The van der Waals surface area contributed by atoms with Crippen LogP contribution in [0.3, 0.4) is 0 Å². The van der Waals surface area contributed by atoms with E-state index in [2.05, 4.69) is 16.1 Å². The van der Waals surface area contributed by atoms with E-state index >= 15 is 0 Å². The van der Waals surface area contributed by atoms with Crippen LogP contribution in [0.1, 0.15) is 48.5 Å². The highest BCUT2D eigenvalue weighted by Crippen LogP contribution is 2.46. The lowest BCUT2D eigenvalue weighted by atomic mass is 10.0. The number of piperidine rings is 1. The van der Waals surface area contributed by atoms with E-state index in [9.17, 15) is 0 Å². The number of aromatic nitrogens is 1. The molecule has 1 aliphatic carbocycles. The normalized spacial score (nSPS) is 17.1. The van der Waals surface area contributed by atoms with Crippen LogP contribution in [0.4, 0.5) is 5.00 Å². The number of hydrogen-bond acceptors (Lipinski definition) is 6. The minimum absolute atomic E-state index is 0.170. The highest BCUT2D eigenvalue weighted by molar-refractivity contribution is 7.14. The van der Waals surface area contributed by atoms with E-state index in [0.717, 1.165) is 60.7 Å². The summed E-state index contributed by atoms with van der Waals surface area (Å²) in [5.41, 5.74) is 3.10. The third-order valence-electron chi connectivity index (χ3n) is 5.90. The predicted molar refractivity (Wildman–Crippen MR) is 123 cm³/mol. The second kappa shape index (κ2) is 8.84. The fraction of sp³-hybridized carbons (Fsp3) is 0.391. The first-order chi connectivity index (χ1) is 15.1. The number of nitriles is 1. The summed E-state index contributed by atoms with van der Waals surface area (Å²) in [6, 6.07) is 9.62. The minimum atomic E-state index is 0.170. The van der Waals surface area contributed by atoms with Crippen molar-refractivity contribution in [2.45, 2.75) is 44.3 Å². The molecule has 2 aliphatic rings. The summed E-state index contributed by atoms with van der Waals surface area (Å²) in [5, 5.41) is 17.6. The molecule has 3 heterocycles. The van der Waals surface area contributed by atoms with Gasteiger partial charge >= 0.3 is 0 Å². The second-order valence-corrected chi connectivity index (χ2v) is 9.73. The molecule has 5 nitrogen and oxygen atoms in total. The summed E-state index contributed by atoms with van der Waals surface area (Å²) >= 11 is 14.5. The molecule has 1 saturated heterocycles. The van der Waals surface area contributed by atoms with E-state index in [4.69, 9.17) is 37.7 Å². The predicted octanol–water partition coefficient (Wildman–Crippen LogP) is 6.64. The number of hydrogen-bond donors (Lipinski definition) is 0. The summed E-state index contributed by atoms with van der Waals surface area (Å²) in [6.45, 7) is 2.27. The van der Waals surface area contributed by atoms with Gasteiger partial charge in [0.25, 0.3) is 0 Å². The average molecular weight is 474 g/mol. The van der Waals surface area contributed by atoms with Crippen molar-refractivity contribution in [2.75, 3.05) is 18.0 Å². The molecule has 160 valence electrons. The quantitative estimate of drug-likeness (QED) is 0.401. The lowest BCUT2D eigenvalue weighted by molar-refractivity contribution is 0.0247. The van der Waals surface area contributed by atoms with Crippen LogP contribution < -0.4 is 4.90 Å². The van der Waals surface area contributed by atoms with E-state index in [0.29, 0.717) is 33.8 Å². The molecule has 0 spiro atoms. The van der Waals surface area contributed by atoms with Crippen LogP contribution in [0, 0.1) is 11.3 Å². The highest BCUT2D eigenvalue weighted by atomic mass is 35.5. The Bertz CT molecular complexity index is 1100. The van der Waals surface area contributed by atoms with Crippen molar-refractivity contribution in [3.63, 3.8) is 0 Å². The van der Waals surface area contributed by atoms with Crippen molar-refractivity contribution >= 4 is 39.5 Å². The SMILES string of the molecule is N#Cc1csc(N2CCC(OCc3c(-c4c(Cl)cccc4Cl)noc3C3CC3)CC2)c1. The maximum Gasteiger partial charge on any atom is 0.145 e. The lowest BCUT2D eigenvalue weighted by Gasteiger charge is -2.32. The second-order valence-electron chi connectivity index (χ2n) is 8.03. The maximum atomic E-state index is 9.05. The van der Waals surface area contributed by atoms with E-state index in [1.807, 2.05) is 29.6 Å². The summed E-state index contributed by atoms with van der Waals surface area (Å²) in [7, 11) is 0. The number of halogens is 2. The molecule has 1 saturated carbocycles. The summed E-state index contributed by atoms with van der Waals surface area (Å²) in [5.74, 6) is 1.32. The molecule has 2 aromatic heterocycles. The van der Waals surface area contributed by atoms with Gasteiger partial charge in [-0.15, -0.1) is 11.3 Å². The molecule has 0 bridgehead atoms. The smallest absolute Gasteiger partial charge is 0.145 e. The van der Waals surface area contributed by atoms with Gasteiger partial charge in [0.15, 0.2) is 0 Å². The Morgan fingerprint density at radius 2 is 1.94 bits per heavy atom. The molecule has 0 radical (unpaired) electrons. The molecule has 5 rings (SSSR count). The maximum absolute atomic E-state index is 9.05. The summed E-state index contributed by atoms with van der Waals surface area (Å²) < 4.78 is 12.1. The fourth-order valence-corrected chi connectivity index (χ4v) is 5.51. The van der Waals surface area contributed by atoms with Crippen molar-refractivity contribution in [3.8, 4) is 17.3 Å². The Labute approximate surface area is 195 Å². The van der Waals surface area contributed by atoms with Crippen LogP contribution in [-0.4, -0.2) is 24.4 Å². The number of thiophene rings is 1. The van der Waals surface area contributed by atoms with Gasteiger partial charge < -0.3 is 14.2 Å². The summed E-state index contributed by atoms with van der Waals surface area (Å²) in [6.07, 6.45) is 4.27. The third kappa shape index (κ3) is 4.33.